The van der Waals surface area contributed by atoms with Crippen molar-refractivity contribution in [1.29, 1.82) is 0 Å². The molecule has 18 heavy (non-hydrogen) atoms. The fraction of sp³-hybridized carbons (Fsp3) is 0.818. The third-order valence-corrected chi connectivity index (χ3v) is 4.25. The predicted molar refractivity (Wildman–Crippen MR) is 65.9 cm³/mol. The van der Waals surface area contributed by atoms with Crippen molar-refractivity contribution in [2.24, 2.45) is 0 Å². The van der Waals surface area contributed by atoms with E-state index < -0.39 is 27.5 Å². The second-order valence-electron chi connectivity index (χ2n) is 4.64. The lowest BCUT2D eigenvalue weighted by Gasteiger charge is -2.05. The number of carbonyl (C=O) groups is 2. The average molecular weight is 277 g/mol. The van der Waals surface area contributed by atoms with Gasteiger partial charge in [-0.3, -0.25) is 9.59 Å². The van der Waals surface area contributed by atoms with Crippen LogP contribution in [0.2, 0.25) is 0 Å². The number of carbonyl (C=O) groups excluding carboxylic acids is 1. The Bertz CT molecular complexity index is 400. The summed E-state index contributed by atoms with van der Waals surface area (Å²) >= 11 is 0. The molecule has 0 aromatic heterocycles. The van der Waals surface area contributed by atoms with E-state index in [1.165, 1.54) is 0 Å². The Morgan fingerprint density at radius 2 is 1.83 bits per heavy atom. The van der Waals surface area contributed by atoms with E-state index in [2.05, 4.69) is 5.32 Å². The summed E-state index contributed by atoms with van der Waals surface area (Å²) in [6.07, 6.45) is 3.35. The second kappa shape index (κ2) is 6.72. The van der Waals surface area contributed by atoms with Gasteiger partial charge in [0, 0.05) is 12.5 Å². The number of carboxylic acids is 1. The molecule has 0 radical (unpaired) electrons. The van der Waals surface area contributed by atoms with Crippen molar-refractivity contribution >= 4 is 21.7 Å². The zero-order chi connectivity index (χ0) is 13.6. The van der Waals surface area contributed by atoms with Crippen LogP contribution in [0.4, 0.5) is 0 Å². The zero-order valence-electron chi connectivity index (χ0n) is 10.2. The molecule has 1 aliphatic carbocycles. The van der Waals surface area contributed by atoms with Crippen molar-refractivity contribution < 1.29 is 23.1 Å². The van der Waals surface area contributed by atoms with E-state index in [9.17, 15) is 18.0 Å². The standard InChI is InChI=1S/C11H19NO5S/c13-10(12-9-5-6-9)8-18(16,17)7-3-1-2-4-11(14)15/h9H,1-8H2,(H,12,13)(H,14,15). The van der Waals surface area contributed by atoms with Crippen molar-refractivity contribution in [2.75, 3.05) is 11.5 Å². The van der Waals surface area contributed by atoms with Crippen LogP contribution in [0, 0.1) is 0 Å². The summed E-state index contributed by atoms with van der Waals surface area (Å²) in [5.41, 5.74) is 0. The molecule has 6 nitrogen and oxygen atoms in total. The van der Waals surface area contributed by atoms with E-state index in [0.29, 0.717) is 19.3 Å². The topological polar surface area (TPSA) is 101 Å². The highest BCUT2D eigenvalue weighted by Crippen LogP contribution is 2.18. The number of nitrogens with one attached hydrogen (secondary N) is 1. The van der Waals surface area contributed by atoms with Crippen molar-refractivity contribution in [3.63, 3.8) is 0 Å². The minimum Gasteiger partial charge on any atom is -0.481 e. The minimum atomic E-state index is -3.36. The molecule has 0 spiro atoms. The first-order valence-electron chi connectivity index (χ1n) is 6.10. The molecule has 1 saturated carbocycles. The maximum atomic E-state index is 11.6. The fourth-order valence-corrected chi connectivity index (χ4v) is 2.81. The number of carboxylic acid groups (broad SMARTS) is 1. The van der Waals surface area contributed by atoms with Crippen molar-refractivity contribution in [3.8, 4) is 0 Å². The molecule has 104 valence electrons. The van der Waals surface area contributed by atoms with Gasteiger partial charge in [0.25, 0.3) is 0 Å². The summed E-state index contributed by atoms with van der Waals surface area (Å²) < 4.78 is 23.1. The third kappa shape index (κ3) is 7.26. The Morgan fingerprint density at radius 1 is 1.17 bits per heavy atom. The highest BCUT2D eigenvalue weighted by atomic mass is 32.2. The van der Waals surface area contributed by atoms with Crippen molar-refractivity contribution in [3.05, 3.63) is 0 Å². The quantitative estimate of drug-likeness (QED) is 0.591. The first kappa shape index (κ1) is 14.9. The summed E-state index contributed by atoms with van der Waals surface area (Å²) in [5.74, 6) is -1.81. The van der Waals surface area contributed by atoms with Gasteiger partial charge in [-0.25, -0.2) is 8.42 Å². The number of hydrogen-bond donors (Lipinski definition) is 2. The molecular weight excluding hydrogens is 258 g/mol. The van der Waals surface area contributed by atoms with Gasteiger partial charge in [-0.2, -0.15) is 0 Å². The van der Waals surface area contributed by atoms with Crippen LogP contribution in [-0.4, -0.2) is 42.9 Å². The average Bonchev–Trinajstić information content (AvgIpc) is 2.99. The molecule has 1 aliphatic rings. The van der Waals surface area contributed by atoms with Crippen LogP contribution in [0.3, 0.4) is 0 Å². The molecule has 0 heterocycles. The van der Waals surface area contributed by atoms with E-state index >= 15 is 0 Å². The van der Waals surface area contributed by atoms with Crippen LogP contribution in [0.5, 0.6) is 0 Å². The molecule has 0 aliphatic heterocycles. The number of sulfone groups is 1. The molecule has 0 unspecified atom stereocenters. The highest BCUT2D eigenvalue weighted by molar-refractivity contribution is 7.92. The van der Waals surface area contributed by atoms with Gasteiger partial charge in [0.2, 0.25) is 5.91 Å². The van der Waals surface area contributed by atoms with E-state index in [-0.39, 0.29) is 18.2 Å². The van der Waals surface area contributed by atoms with E-state index in [1.54, 1.807) is 0 Å². The lowest BCUT2D eigenvalue weighted by atomic mass is 10.2. The second-order valence-corrected chi connectivity index (χ2v) is 6.82. The van der Waals surface area contributed by atoms with E-state index in [4.69, 9.17) is 5.11 Å². The lowest BCUT2D eigenvalue weighted by Crippen LogP contribution is -2.32. The summed E-state index contributed by atoms with van der Waals surface area (Å²) in [6, 6.07) is 0.170. The summed E-state index contributed by atoms with van der Waals surface area (Å²) in [4.78, 5) is 21.6. The Hall–Kier alpha value is -1.11. The number of amides is 1. The Labute approximate surface area is 107 Å². The van der Waals surface area contributed by atoms with Crippen LogP contribution in [0.1, 0.15) is 38.5 Å². The molecule has 1 rings (SSSR count). The summed E-state index contributed by atoms with van der Waals surface area (Å²) in [6.45, 7) is 0. The Morgan fingerprint density at radius 3 is 2.39 bits per heavy atom. The molecular formula is C11H19NO5S. The largest absolute Gasteiger partial charge is 0.481 e. The first-order valence-corrected chi connectivity index (χ1v) is 7.93. The Kier molecular flexibility index (Phi) is 5.58. The predicted octanol–water partition coefficient (Wildman–Crippen LogP) is 0.325. The molecule has 0 bridgehead atoms. The Balaban J connectivity index is 2.14. The van der Waals surface area contributed by atoms with Crippen LogP contribution in [0.25, 0.3) is 0 Å². The zero-order valence-corrected chi connectivity index (χ0v) is 11.0. The molecule has 0 atom stereocenters. The fourth-order valence-electron chi connectivity index (χ4n) is 1.54. The van der Waals surface area contributed by atoms with Crippen LogP contribution in [-0.2, 0) is 19.4 Å². The SMILES string of the molecule is O=C(O)CCCCCS(=O)(=O)CC(=O)NC1CC1. The molecule has 0 saturated heterocycles. The van der Waals surface area contributed by atoms with E-state index in [1.807, 2.05) is 0 Å². The summed E-state index contributed by atoms with van der Waals surface area (Å²) in [7, 11) is -3.36. The first-order chi connectivity index (χ1) is 8.39. The summed E-state index contributed by atoms with van der Waals surface area (Å²) in [5, 5.41) is 11.0. The van der Waals surface area contributed by atoms with E-state index in [0.717, 1.165) is 12.8 Å². The third-order valence-electron chi connectivity index (χ3n) is 2.64. The van der Waals surface area contributed by atoms with Gasteiger partial charge in [0.05, 0.1) is 5.75 Å². The van der Waals surface area contributed by atoms with Crippen molar-refractivity contribution in [2.45, 2.75) is 44.6 Å². The van der Waals surface area contributed by atoms with Gasteiger partial charge in [-0.1, -0.05) is 6.42 Å². The smallest absolute Gasteiger partial charge is 0.303 e. The highest BCUT2D eigenvalue weighted by Gasteiger charge is 2.25. The normalized spacial score (nSPS) is 15.3. The minimum absolute atomic E-state index is 0.0509. The number of hydrogen-bond acceptors (Lipinski definition) is 4. The van der Waals surface area contributed by atoms with Crippen LogP contribution >= 0.6 is 0 Å². The van der Waals surface area contributed by atoms with Gasteiger partial charge in [0.15, 0.2) is 9.84 Å². The molecule has 2 N–H and O–H groups in total. The molecule has 1 fully saturated rings. The molecule has 7 heteroatoms. The molecule has 0 aromatic rings. The number of unbranched alkanes of at least 4 members (excludes halogenated alkanes) is 2. The van der Waals surface area contributed by atoms with Crippen LogP contribution < -0.4 is 5.32 Å². The maximum Gasteiger partial charge on any atom is 0.303 e. The van der Waals surface area contributed by atoms with Gasteiger partial charge < -0.3 is 10.4 Å². The number of aliphatic carboxylic acids is 1. The van der Waals surface area contributed by atoms with Gasteiger partial charge in [-0.15, -0.1) is 0 Å². The van der Waals surface area contributed by atoms with Gasteiger partial charge in [0.1, 0.15) is 5.75 Å². The van der Waals surface area contributed by atoms with Crippen LogP contribution in [0.15, 0.2) is 0 Å². The lowest BCUT2D eigenvalue weighted by molar-refractivity contribution is -0.137. The number of rotatable bonds is 9. The molecule has 1 amide bonds. The van der Waals surface area contributed by atoms with Gasteiger partial charge in [-0.05, 0) is 25.7 Å². The molecule has 0 aromatic carbocycles. The van der Waals surface area contributed by atoms with Crippen molar-refractivity contribution in [1.82, 2.24) is 5.32 Å². The van der Waals surface area contributed by atoms with Gasteiger partial charge >= 0.3 is 5.97 Å². The maximum absolute atomic E-state index is 11.6. The monoisotopic (exact) mass is 277 g/mol.